The van der Waals surface area contributed by atoms with Gasteiger partial charge in [-0.25, -0.2) is 4.79 Å². The summed E-state index contributed by atoms with van der Waals surface area (Å²) in [7, 11) is 0. The molecule has 2 aliphatic carbocycles. The molecular formula is C24H26N2O5. The van der Waals surface area contributed by atoms with E-state index in [0.717, 1.165) is 35.1 Å². The first-order valence-corrected chi connectivity index (χ1v) is 10.7. The van der Waals surface area contributed by atoms with E-state index in [-0.39, 0.29) is 24.5 Å². The highest BCUT2D eigenvalue weighted by molar-refractivity contribution is 5.84. The van der Waals surface area contributed by atoms with Crippen LogP contribution in [0.5, 0.6) is 0 Å². The predicted molar refractivity (Wildman–Crippen MR) is 115 cm³/mol. The van der Waals surface area contributed by atoms with Crippen molar-refractivity contribution in [2.75, 3.05) is 13.2 Å². The minimum absolute atomic E-state index is 0.0285. The molecule has 3 N–H and O–H groups in total. The molecule has 0 heterocycles. The molecule has 0 aliphatic heterocycles. The molecule has 2 aromatic carbocycles. The van der Waals surface area contributed by atoms with E-state index in [0.29, 0.717) is 12.8 Å². The lowest BCUT2D eigenvalue weighted by molar-refractivity contribution is -0.139. The molecule has 1 saturated carbocycles. The molecule has 2 aliphatic rings. The molecule has 0 bridgehead atoms. The molecule has 0 saturated heterocycles. The van der Waals surface area contributed by atoms with Crippen molar-refractivity contribution in [3.63, 3.8) is 0 Å². The summed E-state index contributed by atoms with van der Waals surface area (Å²) >= 11 is 0. The number of benzene rings is 2. The van der Waals surface area contributed by atoms with Gasteiger partial charge >= 0.3 is 12.1 Å². The van der Waals surface area contributed by atoms with Crippen LogP contribution >= 0.6 is 0 Å². The average Bonchev–Trinajstić information content (AvgIpc) is 3.10. The summed E-state index contributed by atoms with van der Waals surface area (Å²) in [5.74, 6) is -1.91. The van der Waals surface area contributed by atoms with Crippen LogP contribution in [0.2, 0.25) is 0 Å². The summed E-state index contributed by atoms with van der Waals surface area (Å²) in [6.07, 6.45) is 2.49. The highest BCUT2D eigenvalue weighted by Crippen LogP contribution is 2.44. The topological polar surface area (TPSA) is 105 Å². The predicted octanol–water partition coefficient (Wildman–Crippen LogP) is 3.28. The van der Waals surface area contributed by atoms with Crippen molar-refractivity contribution in [3.05, 3.63) is 59.7 Å². The number of nitrogens with one attached hydrogen (secondary N) is 2. The number of carbonyl (C=O) groups excluding carboxylic acids is 2. The van der Waals surface area contributed by atoms with Gasteiger partial charge in [-0.1, -0.05) is 61.4 Å². The van der Waals surface area contributed by atoms with Gasteiger partial charge in [-0.05, 0) is 35.1 Å². The molecule has 2 aromatic rings. The van der Waals surface area contributed by atoms with Gasteiger partial charge in [0.15, 0.2) is 0 Å². The van der Waals surface area contributed by atoms with E-state index in [1.165, 1.54) is 0 Å². The Balaban J connectivity index is 1.39. The molecule has 0 radical (unpaired) electrons. The number of ether oxygens (including phenoxy) is 1. The van der Waals surface area contributed by atoms with Gasteiger partial charge in [0.05, 0.1) is 5.92 Å². The SMILES string of the molecule is O=C(O)CNC(=O)C1CCCCC1NC(=O)OCC1c2ccccc2-c2ccccc21. The van der Waals surface area contributed by atoms with Crippen molar-refractivity contribution in [3.8, 4) is 11.1 Å². The first-order chi connectivity index (χ1) is 15.0. The van der Waals surface area contributed by atoms with Crippen molar-refractivity contribution in [2.24, 2.45) is 5.92 Å². The molecule has 162 valence electrons. The highest BCUT2D eigenvalue weighted by Gasteiger charge is 2.33. The quantitative estimate of drug-likeness (QED) is 0.663. The van der Waals surface area contributed by atoms with Gasteiger partial charge in [-0.15, -0.1) is 0 Å². The van der Waals surface area contributed by atoms with E-state index in [2.05, 4.69) is 34.9 Å². The standard InChI is InChI=1S/C24H26N2O5/c27-22(28)13-25-23(29)19-11-5-6-12-21(19)26-24(30)31-14-20-17-9-3-1-7-15(17)16-8-2-4-10-18(16)20/h1-4,7-10,19-21H,5-6,11-14H2,(H,25,29)(H,26,30)(H,27,28). The largest absolute Gasteiger partial charge is 0.480 e. The smallest absolute Gasteiger partial charge is 0.407 e. The van der Waals surface area contributed by atoms with E-state index in [4.69, 9.17) is 9.84 Å². The van der Waals surface area contributed by atoms with Crippen LogP contribution in [0.25, 0.3) is 11.1 Å². The number of fused-ring (bicyclic) bond motifs is 3. The number of alkyl carbamates (subject to hydrolysis) is 1. The average molecular weight is 422 g/mol. The van der Waals surface area contributed by atoms with E-state index >= 15 is 0 Å². The van der Waals surface area contributed by atoms with Crippen molar-refractivity contribution < 1.29 is 24.2 Å². The maximum absolute atomic E-state index is 12.6. The number of amides is 2. The minimum Gasteiger partial charge on any atom is -0.480 e. The van der Waals surface area contributed by atoms with Crippen molar-refractivity contribution >= 4 is 18.0 Å². The molecule has 31 heavy (non-hydrogen) atoms. The lowest BCUT2D eigenvalue weighted by Crippen LogP contribution is -2.49. The molecule has 0 aromatic heterocycles. The summed E-state index contributed by atoms with van der Waals surface area (Å²) < 4.78 is 5.59. The molecule has 4 rings (SSSR count). The third-order valence-corrected chi connectivity index (χ3v) is 6.16. The molecule has 7 heteroatoms. The highest BCUT2D eigenvalue weighted by atomic mass is 16.5. The molecule has 1 fully saturated rings. The van der Waals surface area contributed by atoms with Crippen LogP contribution in [0.1, 0.15) is 42.7 Å². The maximum Gasteiger partial charge on any atom is 0.407 e. The Morgan fingerprint density at radius 2 is 1.55 bits per heavy atom. The summed E-state index contributed by atoms with van der Waals surface area (Å²) in [5, 5.41) is 14.0. The van der Waals surface area contributed by atoms with Crippen LogP contribution in [0.4, 0.5) is 4.79 Å². The summed E-state index contributed by atoms with van der Waals surface area (Å²) in [5.41, 5.74) is 4.60. The van der Waals surface area contributed by atoms with E-state index in [1.807, 2.05) is 24.3 Å². The number of carbonyl (C=O) groups is 3. The maximum atomic E-state index is 12.6. The molecular weight excluding hydrogens is 396 g/mol. The minimum atomic E-state index is -1.09. The second kappa shape index (κ2) is 9.20. The molecule has 2 amide bonds. The number of rotatable bonds is 6. The molecule has 0 spiro atoms. The van der Waals surface area contributed by atoms with E-state index in [1.54, 1.807) is 0 Å². The Morgan fingerprint density at radius 1 is 0.935 bits per heavy atom. The van der Waals surface area contributed by atoms with Gasteiger partial charge in [-0.2, -0.15) is 0 Å². The van der Waals surface area contributed by atoms with Crippen molar-refractivity contribution in [2.45, 2.75) is 37.6 Å². The number of carboxylic acid groups (broad SMARTS) is 1. The zero-order valence-electron chi connectivity index (χ0n) is 17.2. The zero-order valence-corrected chi connectivity index (χ0v) is 17.2. The fraction of sp³-hybridized carbons (Fsp3) is 0.375. The fourth-order valence-electron chi connectivity index (χ4n) is 4.70. The number of aliphatic carboxylic acids is 1. The zero-order chi connectivity index (χ0) is 21.8. The van der Waals surface area contributed by atoms with E-state index < -0.39 is 24.5 Å². The first-order valence-electron chi connectivity index (χ1n) is 10.7. The van der Waals surface area contributed by atoms with Gasteiger partial charge in [0.2, 0.25) is 5.91 Å². The second-order valence-corrected chi connectivity index (χ2v) is 8.08. The number of hydrogen-bond acceptors (Lipinski definition) is 4. The van der Waals surface area contributed by atoms with Crippen molar-refractivity contribution in [1.29, 1.82) is 0 Å². The third kappa shape index (κ3) is 4.55. The van der Waals surface area contributed by atoms with Crippen molar-refractivity contribution in [1.82, 2.24) is 10.6 Å². The Labute approximate surface area is 180 Å². The lowest BCUT2D eigenvalue weighted by Gasteiger charge is -2.30. The third-order valence-electron chi connectivity index (χ3n) is 6.16. The molecule has 7 nitrogen and oxygen atoms in total. The van der Waals surface area contributed by atoms with Crippen LogP contribution in [0.15, 0.2) is 48.5 Å². The van der Waals surface area contributed by atoms with Crippen LogP contribution in [0, 0.1) is 5.92 Å². The van der Waals surface area contributed by atoms with Crippen LogP contribution in [-0.4, -0.2) is 42.3 Å². The molecule has 2 atom stereocenters. The summed E-state index contributed by atoms with van der Waals surface area (Å²) in [4.78, 5) is 35.7. The fourth-order valence-corrected chi connectivity index (χ4v) is 4.70. The Morgan fingerprint density at radius 3 is 2.19 bits per heavy atom. The lowest BCUT2D eigenvalue weighted by atomic mass is 9.84. The van der Waals surface area contributed by atoms with Crippen LogP contribution in [0.3, 0.4) is 0 Å². The van der Waals surface area contributed by atoms with Gasteiger partial charge in [0.25, 0.3) is 0 Å². The summed E-state index contributed by atoms with van der Waals surface area (Å²) in [6.45, 7) is -0.213. The molecule has 2 unspecified atom stereocenters. The second-order valence-electron chi connectivity index (χ2n) is 8.08. The van der Waals surface area contributed by atoms with Gasteiger partial charge in [-0.3, -0.25) is 9.59 Å². The van der Waals surface area contributed by atoms with Crippen LogP contribution < -0.4 is 10.6 Å². The Kier molecular flexibility index (Phi) is 6.21. The monoisotopic (exact) mass is 422 g/mol. The summed E-state index contributed by atoms with van der Waals surface area (Å²) in [6, 6.07) is 15.9. The van der Waals surface area contributed by atoms with E-state index in [9.17, 15) is 14.4 Å². The van der Waals surface area contributed by atoms with Gasteiger partial charge in [0.1, 0.15) is 13.2 Å². The number of carboxylic acids is 1. The van der Waals surface area contributed by atoms with Gasteiger partial charge in [0, 0.05) is 12.0 Å². The Hall–Kier alpha value is -3.35. The Bertz CT molecular complexity index is 944. The first kappa shape index (κ1) is 20.9. The normalized spacial score (nSPS) is 19.7. The number of hydrogen-bond donors (Lipinski definition) is 3. The van der Waals surface area contributed by atoms with Gasteiger partial charge < -0.3 is 20.5 Å². The van der Waals surface area contributed by atoms with Crippen LogP contribution in [-0.2, 0) is 14.3 Å².